The summed E-state index contributed by atoms with van der Waals surface area (Å²) in [4.78, 5) is 33.8. The van der Waals surface area contributed by atoms with Crippen LogP contribution in [0.4, 0.5) is 0 Å². The molecular formula is C17H24N2O4. The lowest BCUT2D eigenvalue weighted by Gasteiger charge is -2.08. The molecule has 0 saturated carbocycles. The van der Waals surface area contributed by atoms with E-state index in [9.17, 15) is 14.4 Å². The minimum absolute atomic E-state index is 0.0358. The van der Waals surface area contributed by atoms with E-state index in [4.69, 9.17) is 5.11 Å². The van der Waals surface area contributed by atoms with Gasteiger partial charge in [0.15, 0.2) is 0 Å². The van der Waals surface area contributed by atoms with Crippen molar-refractivity contribution < 1.29 is 19.5 Å². The van der Waals surface area contributed by atoms with E-state index in [1.54, 1.807) is 24.3 Å². The number of hydrogen-bond donors (Lipinski definition) is 3. The molecule has 0 bridgehead atoms. The summed E-state index contributed by atoms with van der Waals surface area (Å²) >= 11 is 0. The molecule has 3 N–H and O–H groups in total. The van der Waals surface area contributed by atoms with Crippen molar-refractivity contribution in [1.29, 1.82) is 0 Å². The van der Waals surface area contributed by atoms with Crippen molar-refractivity contribution in [3.63, 3.8) is 0 Å². The Morgan fingerprint density at radius 3 is 2.22 bits per heavy atom. The summed E-state index contributed by atoms with van der Waals surface area (Å²) in [6.07, 6.45) is 1.84. The summed E-state index contributed by atoms with van der Waals surface area (Å²) in [5.74, 6) is -1.07. The van der Waals surface area contributed by atoms with Crippen LogP contribution in [0.2, 0.25) is 0 Å². The van der Waals surface area contributed by atoms with Crippen molar-refractivity contribution >= 4 is 17.8 Å². The van der Waals surface area contributed by atoms with E-state index in [-0.39, 0.29) is 23.4 Å². The van der Waals surface area contributed by atoms with E-state index in [1.165, 1.54) is 0 Å². The Bertz CT molecular complexity index is 538. The second kappa shape index (κ2) is 9.61. The fraction of sp³-hybridized carbons (Fsp3) is 0.471. The van der Waals surface area contributed by atoms with Crippen molar-refractivity contribution in [3.8, 4) is 0 Å². The Hall–Kier alpha value is -2.37. The molecule has 0 aliphatic carbocycles. The van der Waals surface area contributed by atoms with Gasteiger partial charge < -0.3 is 15.7 Å². The molecule has 0 aromatic heterocycles. The Morgan fingerprint density at radius 1 is 1.04 bits per heavy atom. The fourth-order valence-corrected chi connectivity index (χ4v) is 2.05. The summed E-state index contributed by atoms with van der Waals surface area (Å²) in [5, 5.41) is 14.4. The number of carbonyl (C=O) groups excluding carboxylic acids is 2. The molecule has 0 atom stereocenters. The van der Waals surface area contributed by atoms with E-state index < -0.39 is 5.97 Å². The highest BCUT2D eigenvalue weighted by Crippen LogP contribution is 2.05. The average molecular weight is 320 g/mol. The lowest BCUT2D eigenvalue weighted by Crippen LogP contribution is -2.30. The topological polar surface area (TPSA) is 95.5 Å². The molecule has 23 heavy (non-hydrogen) atoms. The molecular weight excluding hydrogens is 296 g/mol. The first kappa shape index (κ1) is 18.7. The molecule has 0 aliphatic heterocycles. The number of aromatic carboxylic acids is 1. The number of carbonyl (C=O) groups is 3. The molecule has 0 radical (unpaired) electrons. The molecule has 6 heteroatoms. The summed E-state index contributed by atoms with van der Waals surface area (Å²) in [6, 6.07) is 6.70. The smallest absolute Gasteiger partial charge is 0.335 e. The molecule has 2 amide bonds. The number of hydrogen-bond acceptors (Lipinski definition) is 3. The van der Waals surface area contributed by atoms with Gasteiger partial charge in [-0.05, 0) is 44.4 Å². The third-order valence-corrected chi connectivity index (χ3v) is 3.19. The molecule has 1 aromatic carbocycles. The quantitative estimate of drug-likeness (QED) is 0.646. The van der Waals surface area contributed by atoms with Crippen molar-refractivity contribution in [3.05, 3.63) is 35.4 Å². The van der Waals surface area contributed by atoms with Crippen LogP contribution < -0.4 is 10.6 Å². The Labute approximate surface area is 136 Å². The van der Waals surface area contributed by atoms with Gasteiger partial charge in [0.05, 0.1) is 5.56 Å². The predicted molar refractivity (Wildman–Crippen MR) is 87.2 cm³/mol. The highest BCUT2D eigenvalue weighted by atomic mass is 16.4. The van der Waals surface area contributed by atoms with Crippen molar-refractivity contribution in [2.75, 3.05) is 6.54 Å². The maximum atomic E-state index is 11.7. The Balaban J connectivity index is 2.18. The van der Waals surface area contributed by atoms with Crippen LogP contribution in [0, 0.1) is 0 Å². The molecule has 0 fully saturated rings. The van der Waals surface area contributed by atoms with Gasteiger partial charge in [0.25, 0.3) is 0 Å². The number of benzene rings is 1. The Morgan fingerprint density at radius 2 is 1.65 bits per heavy atom. The van der Waals surface area contributed by atoms with Crippen LogP contribution in [0.5, 0.6) is 0 Å². The predicted octanol–water partition coefficient (Wildman–Crippen LogP) is 1.74. The van der Waals surface area contributed by atoms with Crippen molar-refractivity contribution in [2.45, 2.75) is 45.6 Å². The van der Waals surface area contributed by atoms with Gasteiger partial charge in [-0.25, -0.2) is 4.79 Å². The van der Waals surface area contributed by atoms with Crippen LogP contribution in [-0.2, 0) is 16.0 Å². The zero-order chi connectivity index (χ0) is 17.2. The average Bonchev–Trinajstić information content (AvgIpc) is 2.47. The van der Waals surface area contributed by atoms with Gasteiger partial charge in [-0.1, -0.05) is 12.1 Å². The normalized spacial score (nSPS) is 10.4. The van der Waals surface area contributed by atoms with Gasteiger partial charge in [0.1, 0.15) is 0 Å². The monoisotopic (exact) mass is 320 g/mol. The van der Waals surface area contributed by atoms with E-state index in [0.29, 0.717) is 32.2 Å². The standard InChI is InChI=1S/C17H24N2O4/c1-12(2)19-16(21)5-3-4-15(20)18-11-10-13-6-8-14(9-7-13)17(22)23/h6-9,12H,3-5,10-11H2,1-2H3,(H,18,20)(H,19,21)(H,22,23). The van der Waals surface area contributed by atoms with Crippen LogP contribution in [-0.4, -0.2) is 35.5 Å². The van der Waals surface area contributed by atoms with E-state index >= 15 is 0 Å². The van der Waals surface area contributed by atoms with Gasteiger partial charge in [-0.2, -0.15) is 0 Å². The van der Waals surface area contributed by atoms with Crippen LogP contribution in [0.15, 0.2) is 24.3 Å². The molecule has 0 heterocycles. The molecule has 0 saturated heterocycles. The Kier molecular flexibility index (Phi) is 7.80. The van der Waals surface area contributed by atoms with Gasteiger partial charge in [0.2, 0.25) is 11.8 Å². The maximum Gasteiger partial charge on any atom is 0.335 e. The largest absolute Gasteiger partial charge is 0.478 e. The number of carboxylic acid groups (broad SMARTS) is 1. The number of amides is 2. The number of carboxylic acids is 1. The van der Waals surface area contributed by atoms with Gasteiger partial charge >= 0.3 is 5.97 Å². The number of nitrogens with one attached hydrogen (secondary N) is 2. The van der Waals surface area contributed by atoms with Crippen LogP contribution in [0.25, 0.3) is 0 Å². The minimum atomic E-state index is -0.952. The van der Waals surface area contributed by atoms with Crippen LogP contribution >= 0.6 is 0 Å². The van der Waals surface area contributed by atoms with E-state index in [0.717, 1.165) is 5.56 Å². The second-order valence-corrected chi connectivity index (χ2v) is 5.68. The zero-order valence-corrected chi connectivity index (χ0v) is 13.6. The third-order valence-electron chi connectivity index (χ3n) is 3.19. The molecule has 126 valence electrons. The van der Waals surface area contributed by atoms with Crippen molar-refractivity contribution in [1.82, 2.24) is 10.6 Å². The molecule has 0 spiro atoms. The van der Waals surface area contributed by atoms with E-state index in [1.807, 2.05) is 13.8 Å². The van der Waals surface area contributed by atoms with Crippen LogP contribution in [0.3, 0.4) is 0 Å². The third kappa shape index (κ3) is 7.99. The SMILES string of the molecule is CC(C)NC(=O)CCCC(=O)NCCc1ccc(C(=O)O)cc1. The first-order valence-corrected chi connectivity index (χ1v) is 7.76. The highest BCUT2D eigenvalue weighted by Gasteiger charge is 2.06. The van der Waals surface area contributed by atoms with Gasteiger partial charge in [-0.15, -0.1) is 0 Å². The minimum Gasteiger partial charge on any atom is -0.478 e. The molecule has 0 unspecified atom stereocenters. The second-order valence-electron chi connectivity index (χ2n) is 5.68. The molecule has 0 aliphatic rings. The van der Waals surface area contributed by atoms with Gasteiger partial charge in [-0.3, -0.25) is 9.59 Å². The van der Waals surface area contributed by atoms with Crippen molar-refractivity contribution in [2.24, 2.45) is 0 Å². The lowest BCUT2D eigenvalue weighted by atomic mass is 10.1. The fourth-order valence-electron chi connectivity index (χ4n) is 2.05. The first-order valence-electron chi connectivity index (χ1n) is 7.76. The summed E-state index contributed by atoms with van der Waals surface area (Å²) in [7, 11) is 0. The van der Waals surface area contributed by atoms with E-state index in [2.05, 4.69) is 10.6 Å². The summed E-state index contributed by atoms with van der Waals surface area (Å²) in [6.45, 7) is 4.28. The molecule has 1 aromatic rings. The highest BCUT2D eigenvalue weighted by molar-refractivity contribution is 5.87. The zero-order valence-electron chi connectivity index (χ0n) is 13.6. The molecule has 6 nitrogen and oxygen atoms in total. The maximum absolute atomic E-state index is 11.7. The first-order chi connectivity index (χ1) is 10.9. The summed E-state index contributed by atoms with van der Waals surface area (Å²) in [5.41, 5.74) is 1.21. The molecule has 1 rings (SSSR count). The lowest BCUT2D eigenvalue weighted by molar-refractivity contribution is -0.122. The van der Waals surface area contributed by atoms with Crippen LogP contribution in [0.1, 0.15) is 49.0 Å². The van der Waals surface area contributed by atoms with Gasteiger partial charge in [0, 0.05) is 25.4 Å². The summed E-state index contributed by atoms with van der Waals surface area (Å²) < 4.78 is 0. The number of rotatable bonds is 9.